The molecule has 0 saturated heterocycles. The molecule has 3 aromatic carbocycles. The van der Waals surface area contributed by atoms with Crippen molar-refractivity contribution in [3.8, 4) is 0 Å². The lowest BCUT2D eigenvalue weighted by atomic mass is 9.98. The van der Waals surface area contributed by atoms with Crippen molar-refractivity contribution in [2.75, 3.05) is 5.88 Å². The molecule has 0 aliphatic heterocycles. The molecule has 7 heteroatoms. The van der Waals surface area contributed by atoms with Gasteiger partial charge in [0.05, 0.1) is 6.04 Å². The molecule has 0 aliphatic carbocycles. The monoisotopic (exact) mass is 437 g/mol. The average Bonchev–Trinajstić information content (AvgIpc) is 2.80. The summed E-state index contributed by atoms with van der Waals surface area (Å²) in [6.45, 7) is 1.95. The number of hydrogen-bond acceptors (Lipinski definition) is 3. The summed E-state index contributed by atoms with van der Waals surface area (Å²) in [5.41, 5.74) is 6.83. The number of halogens is 1. The SMILES string of the molecule is C[C@@H](NC(=O)c1ccccc1CCC(=O)NNC(=O)CCl)c1cccc2ccccc12. The number of nitrogens with one attached hydrogen (secondary N) is 3. The van der Waals surface area contributed by atoms with Gasteiger partial charge < -0.3 is 5.32 Å². The highest BCUT2D eigenvalue weighted by molar-refractivity contribution is 6.27. The molecule has 0 heterocycles. The van der Waals surface area contributed by atoms with E-state index in [1.54, 1.807) is 12.1 Å². The van der Waals surface area contributed by atoms with Crippen molar-refractivity contribution >= 4 is 40.1 Å². The largest absolute Gasteiger partial charge is 0.345 e. The Morgan fingerprint density at radius 2 is 1.55 bits per heavy atom. The Kier molecular flexibility index (Phi) is 7.62. The quantitative estimate of drug-likeness (QED) is 0.389. The standard InChI is InChI=1S/C24H24ClN3O3/c1-16(19-12-6-9-17-7-2-4-10-20(17)19)26-24(31)21-11-5-3-8-18(21)13-14-22(29)27-28-23(30)15-25/h2-12,16H,13-15H2,1H3,(H,26,31)(H,27,29)(H,28,30)/t16-/m1/s1. The summed E-state index contributed by atoms with van der Waals surface area (Å²) >= 11 is 5.37. The number of hydrogen-bond donors (Lipinski definition) is 3. The van der Waals surface area contributed by atoms with E-state index in [1.807, 2.05) is 61.5 Å². The number of aryl methyl sites for hydroxylation is 1. The van der Waals surface area contributed by atoms with Crippen LogP contribution in [0.2, 0.25) is 0 Å². The van der Waals surface area contributed by atoms with Crippen LogP contribution in [-0.2, 0) is 16.0 Å². The van der Waals surface area contributed by atoms with Gasteiger partial charge in [0.2, 0.25) is 5.91 Å². The molecule has 6 nitrogen and oxygen atoms in total. The molecule has 0 bridgehead atoms. The molecular formula is C24H24ClN3O3. The molecule has 31 heavy (non-hydrogen) atoms. The molecule has 0 spiro atoms. The van der Waals surface area contributed by atoms with Crippen LogP contribution in [0.4, 0.5) is 0 Å². The molecule has 3 N–H and O–H groups in total. The van der Waals surface area contributed by atoms with Gasteiger partial charge in [0.15, 0.2) is 0 Å². The zero-order chi connectivity index (χ0) is 22.2. The van der Waals surface area contributed by atoms with Crippen molar-refractivity contribution in [2.45, 2.75) is 25.8 Å². The maximum Gasteiger partial charge on any atom is 0.253 e. The molecule has 3 amide bonds. The molecule has 0 aromatic heterocycles. The summed E-state index contributed by atoms with van der Waals surface area (Å²) in [4.78, 5) is 36.1. The van der Waals surface area contributed by atoms with E-state index in [0.717, 1.165) is 21.9 Å². The van der Waals surface area contributed by atoms with Gasteiger partial charge in [-0.3, -0.25) is 25.2 Å². The van der Waals surface area contributed by atoms with Gasteiger partial charge in [-0.2, -0.15) is 0 Å². The highest BCUT2D eigenvalue weighted by Gasteiger charge is 2.16. The molecule has 0 radical (unpaired) electrons. The molecule has 0 saturated carbocycles. The molecule has 1 atom stereocenters. The predicted octanol–water partition coefficient (Wildman–Crippen LogP) is 3.65. The maximum atomic E-state index is 13.0. The van der Waals surface area contributed by atoms with Crippen LogP contribution in [0.25, 0.3) is 10.8 Å². The summed E-state index contributed by atoms with van der Waals surface area (Å²) in [6, 6.07) is 21.1. The summed E-state index contributed by atoms with van der Waals surface area (Å²) in [5, 5.41) is 5.29. The van der Waals surface area contributed by atoms with Crippen LogP contribution >= 0.6 is 11.6 Å². The normalized spacial score (nSPS) is 11.5. The number of amides is 3. The lowest BCUT2D eigenvalue weighted by Crippen LogP contribution is -2.42. The highest BCUT2D eigenvalue weighted by Crippen LogP contribution is 2.24. The first-order valence-corrected chi connectivity index (χ1v) is 10.5. The second-order valence-electron chi connectivity index (χ2n) is 7.15. The summed E-state index contributed by atoms with van der Waals surface area (Å²) < 4.78 is 0. The van der Waals surface area contributed by atoms with Gasteiger partial charge in [0.1, 0.15) is 5.88 Å². The van der Waals surface area contributed by atoms with Crippen molar-refractivity contribution in [3.63, 3.8) is 0 Å². The lowest BCUT2D eigenvalue weighted by Gasteiger charge is -2.18. The van der Waals surface area contributed by atoms with Crippen molar-refractivity contribution in [1.82, 2.24) is 16.2 Å². The lowest BCUT2D eigenvalue weighted by molar-refractivity contribution is -0.127. The number of alkyl halides is 1. The molecule has 0 aliphatic rings. The highest BCUT2D eigenvalue weighted by atomic mass is 35.5. The van der Waals surface area contributed by atoms with Crippen molar-refractivity contribution in [2.24, 2.45) is 0 Å². The first kappa shape index (κ1) is 22.3. The number of fused-ring (bicyclic) bond motifs is 1. The van der Waals surface area contributed by atoms with Gasteiger partial charge in [0.25, 0.3) is 11.8 Å². The second-order valence-corrected chi connectivity index (χ2v) is 7.42. The Hall–Kier alpha value is -3.38. The van der Waals surface area contributed by atoms with E-state index >= 15 is 0 Å². The number of hydrazine groups is 1. The van der Waals surface area contributed by atoms with Crippen molar-refractivity contribution < 1.29 is 14.4 Å². The molecule has 0 fully saturated rings. The van der Waals surface area contributed by atoms with Gasteiger partial charge >= 0.3 is 0 Å². The minimum absolute atomic E-state index is 0.117. The third kappa shape index (κ3) is 5.83. The van der Waals surface area contributed by atoms with Crippen LogP contribution in [0.1, 0.15) is 40.9 Å². The van der Waals surface area contributed by atoms with Gasteiger partial charge in [0, 0.05) is 12.0 Å². The topological polar surface area (TPSA) is 87.3 Å². The third-order valence-electron chi connectivity index (χ3n) is 4.98. The van der Waals surface area contributed by atoms with E-state index in [-0.39, 0.29) is 30.2 Å². The zero-order valence-electron chi connectivity index (χ0n) is 17.2. The fraction of sp³-hybridized carbons (Fsp3) is 0.208. The van der Waals surface area contributed by atoms with E-state index in [1.165, 1.54) is 0 Å². The molecular weight excluding hydrogens is 414 g/mol. The molecule has 0 unspecified atom stereocenters. The van der Waals surface area contributed by atoms with E-state index < -0.39 is 5.91 Å². The van der Waals surface area contributed by atoms with Crippen LogP contribution < -0.4 is 16.2 Å². The first-order chi connectivity index (χ1) is 15.0. The van der Waals surface area contributed by atoms with E-state index in [0.29, 0.717) is 12.0 Å². The molecule has 3 rings (SSSR count). The first-order valence-electron chi connectivity index (χ1n) is 9.99. The van der Waals surface area contributed by atoms with E-state index in [9.17, 15) is 14.4 Å². The van der Waals surface area contributed by atoms with E-state index in [2.05, 4.69) is 16.2 Å². The van der Waals surface area contributed by atoms with Crippen molar-refractivity contribution in [3.05, 3.63) is 83.4 Å². The van der Waals surface area contributed by atoms with Gasteiger partial charge in [-0.1, -0.05) is 60.7 Å². The number of benzene rings is 3. The number of rotatable bonds is 7. The summed E-state index contributed by atoms with van der Waals surface area (Å²) in [5.74, 6) is -1.29. The second kappa shape index (κ2) is 10.6. The fourth-order valence-corrected chi connectivity index (χ4v) is 3.49. The van der Waals surface area contributed by atoms with Crippen LogP contribution in [0.5, 0.6) is 0 Å². The Bertz CT molecular complexity index is 1090. The number of carbonyl (C=O) groups is 3. The Labute approximate surface area is 185 Å². The Morgan fingerprint density at radius 3 is 2.35 bits per heavy atom. The van der Waals surface area contributed by atoms with Crippen LogP contribution in [0, 0.1) is 0 Å². The van der Waals surface area contributed by atoms with Crippen LogP contribution in [-0.4, -0.2) is 23.6 Å². The van der Waals surface area contributed by atoms with Gasteiger partial charge in [-0.05, 0) is 41.3 Å². The predicted molar refractivity (Wildman–Crippen MR) is 122 cm³/mol. The third-order valence-corrected chi connectivity index (χ3v) is 5.23. The number of carbonyl (C=O) groups excluding carboxylic acids is 3. The minimum Gasteiger partial charge on any atom is -0.345 e. The maximum absolute atomic E-state index is 13.0. The van der Waals surface area contributed by atoms with Gasteiger partial charge in [-0.15, -0.1) is 11.6 Å². The van der Waals surface area contributed by atoms with Crippen LogP contribution in [0.15, 0.2) is 66.7 Å². The Balaban J connectivity index is 1.68. The fourth-order valence-electron chi connectivity index (χ4n) is 3.42. The Morgan fingerprint density at radius 1 is 0.871 bits per heavy atom. The average molecular weight is 438 g/mol. The minimum atomic E-state index is -0.489. The van der Waals surface area contributed by atoms with Crippen molar-refractivity contribution in [1.29, 1.82) is 0 Å². The molecule has 160 valence electrons. The van der Waals surface area contributed by atoms with Crippen LogP contribution in [0.3, 0.4) is 0 Å². The zero-order valence-corrected chi connectivity index (χ0v) is 17.9. The van der Waals surface area contributed by atoms with E-state index in [4.69, 9.17) is 11.6 Å². The summed E-state index contributed by atoms with van der Waals surface area (Å²) in [7, 11) is 0. The smallest absolute Gasteiger partial charge is 0.253 e. The van der Waals surface area contributed by atoms with Gasteiger partial charge in [-0.25, -0.2) is 0 Å². The molecule has 3 aromatic rings. The summed E-state index contributed by atoms with van der Waals surface area (Å²) in [6.07, 6.45) is 0.473.